The first-order chi connectivity index (χ1) is 25.3. The molecule has 0 aliphatic heterocycles. The monoisotopic (exact) mass is 650 g/mol. The summed E-state index contributed by atoms with van der Waals surface area (Å²) in [6.07, 6.45) is 0. The Kier molecular flexibility index (Phi) is 6.78. The minimum atomic E-state index is 0.644. The van der Waals surface area contributed by atoms with Crippen LogP contribution >= 0.6 is 0 Å². The van der Waals surface area contributed by atoms with Gasteiger partial charge >= 0.3 is 0 Å². The quantitative estimate of drug-likeness (QED) is 0.186. The first-order valence-corrected chi connectivity index (χ1v) is 17.2. The van der Waals surface area contributed by atoms with Crippen molar-refractivity contribution in [2.45, 2.75) is 0 Å². The highest BCUT2D eigenvalue weighted by Gasteiger charge is 2.18. The van der Waals surface area contributed by atoms with Crippen LogP contribution in [0.1, 0.15) is 0 Å². The largest absolute Gasteiger partial charge is 0.309 e. The van der Waals surface area contributed by atoms with Crippen LogP contribution in [0, 0.1) is 0 Å². The number of nitrogens with zero attached hydrogens (tertiary/aromatic N) is 4. The van der Waals surface area contributed by atoms with Crippen LogP contribution in [0.25, 0.3) is 94.3 Å². The van der Waals surface area contributed by atoms with Crippen molar-refractivity contribution in [3.63, 3.8) is 0 Å². The second kappa shape index (κ2) is 11.9. The van der Waals surface area contributed by atoms with Gasteiger partial charge in [0.1, 0.15) is 0 Å². The van der Waals surface area contributed by atoms with Crippen molar-refractivity contribution in [3.05, 3.63) is 182 Å². The molecule has 51 heavy (non-hydrogen) atoms. The normalized spacial score (nSPS) is 11.5. The van der Waals surface area contributed by atoms with Gasteiger partial charge in [-0.1, -0.05) is 152 Å². The maximum atomic E-state index is 4.96. The lowest BCUT2D eigenvalue weighted by molar-refractivity contribution is 1.07. The van der Waals surface area contributed by atoms with Crippen molar-refractivity contribution >= 4 is 43.4 Å². The Morgan fingerprint density at radius 2 is 0.765 bits per heavy atom. The molecule has 2 aromatic heterocycles. The van der Waals surface area contributed by atoms with Crippen LogP contribution in [0.5, 0.6) is 0 Å². The van der Waals surface area contributed by atoms with Gasteiger partial charge in [0, 0.05) is 33.2 Å². The van der Waals surface area contributed by atoms with E-state index in [0.717, 1.165) is 33.5 Å². The van der Waals surface area contributed by atoms with Crippen molar-refractivity contribution in [1.29, 1.82) is 0 Å². The van der Waals surface area contributed by atoms with E-state index in [2.05, 4.69) is 126 Å². The van der Waals surface area contributed by atoms with Crippen molar-refractivity contribution in [2.75, 3.05) is 0 Å². The minimum Gasteiger partial charge on any atom is -0.309 e. The third-order valence-corrected chi connectivity index (χ3v) is 9.82. The molecule has 0 radical (unpaired) electrons. The highest BCUT2D eigenvalue weighted by atomic mass is 15.0. The molecule has 10 rings (SSSR count). The maximum absolute atomic E-state index is 4.96. The Bertz CT molecular complexity index is 2740. The molecule has 0 N–H and O–H groups in total. The Morgan fingerprint density at radius 3 is 1.31 bits per heavy atom. The van der Waals surface area contributed by atoms with Crippen LogP contribution in [0.4, 0.5) is 0 Å². The van der Waals surface area contributed by atoms with Gasteiger partial charge in [-0.3, -0.25) is 0 Å². The zero-order chi connectivity index (χ0) is 33.7. The van der Waals surface area contributed by atoms with E-state index in [-0.39, 0.29) is 0 Å². The van der Waals surface area contributed by atoms with Crippen LogP contribution < -0.4 is 0 Å². The summed E-state index contributed by atoms with van der Waals surface area (Å²) in [7, 11) is 0. The zero-order valence-corrected chi connectivity index (χ0v) is 27.6. The maximum Gasteiger partial charge on any atom is 0.164 e. The average Bonchev–Trinajstić information content (AvgIpc) is 3.57. The topological polar surface area (TPSA) is 43.6 Å². The number of fused-ring (bicyclic) bond motifs is 7. The van der Waals surface area contributed by atoms with Gasteiger partial charge in [-0.15, -0.1) is 0 Å². The molecule has 2 heterocycles. The number of hydrogen-bond donors (Lipinski definition) is 0. The molecule has 0 fully saturated rings. The Balaban J connectivity index is 1.09. The molecular weight excluding hydrogens is 621 g/mol. The lowest BCUT2D eigenvalue weighted by Gasteiger charge is -2.11. The van der Waals surface area contributed by atoms with E-state index in [1.165, 1.54) is 43.4 Å². The van der Waals surface area contributed by atoms with Crippen LogP contribution in [-0.4, -0.2) is 19.5 Å². The van der Waals surface area contributed by atoms with Crippen LogP contribution in [0.2, 0.25) is 0 Å². The molecule has 0 saturated heterocycles. The van der Waals surface area contributed by atoms with E-state index < -0.39 is 0 Å². The summed E-state index contributed by atoms with van der Waals surface area (Å²) in [5, 5.41) is 7.62. The minimum absolute atomic E-state index is 0.644. The van der Waals surface area contributed by atoms with Crippen molar-refractivity contribution in [2.24, 2.45) is 0 Å². The predicted molar refractivity (Wildman–Crippen MR) is 211 cm³/mol. The van der Waals surface area contributed by atoms with E-state index in [0.29, 0.717) is 17.5 Å². The number of aromatic nitrogens is 4. The fraction of sp³-hybridized carbons (Fsp3) is 0. The van der Waals surface area contributed by atoms with Gasteiger partial charge in [0.25, 0.3) is 0 Å². The summed E-state index contributed by atoms with van der Waals surface area (Å²) < 4.78 is 2.41. The van der Waals surface area contributed by atoms with E-state index in [1.54, 1.807) is 0 Å². The Hall–Kier alpha value is -6.91. The number of benzene rings is 8. The molecule has 0 atom stereocenters. The first kappa shape index (κ1) is 29.0. The molecule has 8 aromatic carbocycles. The molecular formula is C47H30N4. The summed E-state index contributed by atoms with van der Waals surface area (Å²) >= 11 is 0. The van der Waals surface area contributed by atoms with Gasteiger partial charge in [0.2, 0.25) is 0 Å². The first-order valence-electron chi connectivity index (χ1n) is 17.2. The third-order valence-electron chi connectivity index (χ3n) is 9.82. The Labute approximate surface area is 295 Å². The molecule has 4 heteroatoms. The van der Waals surface area contributed by atoms with Gasteiger partial charge in [-0.05, 0) is 63.0 Å². The summed E-state index contributed by atoms with van der Waals surface area (Å²) in [6.45, 7) is 0. The number of hydrogen-bond acceptors (Lipinski definition) is 3. The molecule has 0 amide bonds. The number of rotatable bonds is 5. The molecule has 0 saturated carbocycles. The van der Waals surface area contributed by atoms with Crippen LogP contribution in [-0.2, 0) is 0 Å². The van der Waals surface area contributed by atoms with Gasteiger partial charge in [-0.25, -0.2) is 15.0 Å². The van der Waals surface area contributed by atoms with Crippen molar-refractivity contribution in [1.82, 2.24) is 19.5 Å². The molecule has 0 bridgehead atoms. The average molecular weight is 651 g/mol. The molecule has 10 aromatic rings. The standard InChI is InChI=1S/C47H30N4/c1-3-14-34(15-4-1)45-48-46(35-16-5-2-6-17-35)50-47(49-45)37-19-11-18-36(30-37)31-22-26-38(27-23-31)51-41-28-24-32-12-7-9-20-39(32)43(41)44-40-21-10-8-13-33(40)25-29-42(44)51/h1-30H. The molecule has 4 nitrogen and oxygen atoms in total. The zero-order valence-electron chi connectivity index (χ0n) is 27.6. The second-order valence-electron chi connectivity index (χ2n) is 12.9. The van der Waals surface area contributed by atoms with Crippen LogP contribution in [0.15, 0.2) is 182 Å². The second-order valence-corrected chi connectivity index (χ2v) is 12.9. The van der Waals surface area contributed by atoms with E-state index in [4.69, 9.17) is 15.0 Å². The fourth-order valence-corrected chi connectivity index (χ4v) is 7.40. The summed E-state index contributed by atoms with van der Waals surface area (Å²) in [5.41, 5.74) is 8.60. The van der Waals surface area contributed by atoms with Gasteiger partial charge < -0.3 is 4.57 Å². The Morgan fingerprint density at radius 1 is 0.314 bits per heavy atom. The molecule has 0 unspecified atom stereocenters. The molecule has 238 valence electrons. The molecule has 0 aliphatic carbocycles. The van der Waals surface area contributed by atoms with Gasteiger partial charge in [0.05, 0.1) is 11.0 Å². The molecule has 0 spiro atoms. The summed E-state index contributed by atoms with van der Waals surface area (Å²) in [6, 6.07) is 64.0. The lowest BCUT2D eigenvalue weighted by atomic mass is 10.00. The third kappa shape index (κ3) is 4.96. The van der Waals surface area contributed by atoms with E-state index >= 15 is 0 Å². The van der Waals surface area contributed by atoms with E-state index in [1.807, 2.05) is 60.7 Å². The predicted octanol–water partition coefficient (Wildman–Crippen LogP) is 11.9. The van der Waals surface area contributed by atoms with Gasteiger partial charge in [-0.2, -0.15) is 0 Å². The van der Waals surface area contributed by atoms with Crippen molar-refractivity contribution < 1.29 is 0 Å². The summed E-state index contributed by atoms with van der Waals surface area (Å²) in [5.74, 6) is 1.95. The lowest BCUT2D eigenvalue weighted by Crippen LogP contribution is -2.00. The SMILES string of the molecule is c1ccc(-c2nc(-c3ccccc3)nc(-c3cccc(-c4ccc(-n5c6ccc7ccccc7c6c6c7ccccc7ccc65)cc4)c3)n2)cc1. The van der Waals surface area contributed by atoms with Crippen molar-refractivity contribution in [3.8, 4) is 51.0 Å². The van der Waals surface area contributed by atoms with Crippen LogP contribution in [0.3, 0.4) is 0 Å². The highest BCUT2D eigenvalue weighted by Crippen LogP contribution is 2.40. The smallest absolute Gasteiger partial charge is 0.164 e. The fourth-order valence-electron chi connectivity index (χ4n) is 7.40. The summed E-state index contributed by atoms with van der Waals surface area (Å²) in [4.78, 5) is 14.8. The highest BCUT2D eigenvalue weighted by molar-refractivity contribution is 6.28. The van der Waals surface area contributed by atoms with Gasteiger partial charge in [0.15, 0.2) is 17.5 Å². The van der Waals surface area contributed by atoms with E-state index in [9.17, 15) is 0 Å². The molecule has 0 aliphatic rings.